The van der Waals surface area contributed by atoms with Gasteiger partial charge in [0.15, 0.2) is 0 Å². The Balaban J connectivity index is 0.00000272. The minimum absolute atomic E-state index is 0. The van der Waals surface area contributed by atoms with Gasteiger partial charge in [-0.3, -0.25) is 0 Å². The van der Waals surface area contributed by atoms with Crippen molar-refractivity contribution in [2.45, 2.75) is 6.42 Å². The van der Waals surface area contributed by atoms with Crippen LogP contribution in [0.4, 0.5) is 0 Å². The van der Waals surface area contributed by atoms with Gasteiger partial charge in [-0.15, -0.1) is 108 Å². The van der Waals surface area contributed by atoms with Gasteiger partial charge in [0.1, 0.15) is 0 Å². The number of pyridine rings is 3. The molecule has 0 N–H and O–H groups in total. The number of hydrogen-bond donors (Lipinski definition) is 0. The van der Waals surface area contributed by atoms with Gasteiger partial charge in [-0.25, -0.2) is 0 Å². The van der Waals surface area contributed by atoms with Crippen molar-refractivity contribution in [1.82, 2.24) is 15.0 Å². The Morgan fingerprint density at radius 3 is 1.10 bits per heavy atom. The molecule has 1 radical (unpaired) electrons. The zero-order valence-electron chi connectivity index (χ0n) is 34.7. The number of rotatable bonds is 9. The third-order valence-corrected chi connectivity index (χ3v) is 11.1. The number of benzene rings is 6. The molecule has 0 spiro atoms. The summed E-state index contributed by atoms with van der Waals surface area (Å²) in [6.07, 6.45) is 13.8. The molecule has 1 aliphatic rings. The topological polar surface area (TPSA) is 38.7 Å². The van der Waals surface area contributed by atoms with E-state index in [-0.39, 0.29) is 27.5 Å². The minimum atomic E-state index is 0. The van der Waals surface area contributed by atoms with E-state index in [2.05, 4.69) is 146 Å². The molecule has 9 aromatic rings. The van der Waals surface area contributed by atoms with Crippen molar-refractivity contribution in [2.75, 3.05) is 0 Å². The molecule has 6 aromatic carbocycles. The maximum atomic E-state index is 4.90. The SMILES string of the molecule is [CH3-].[Ir].[c-]1ccccc1-c1ccc(-c2ccccc2C2=CCC(c3ccccc3-c3ccc(-c4[c-]cccc4)nc3)=CC(c3ccccc3-c3ccc(-c4[c-]cccc4)nc3)=C2)cn1. The number of aromatic nitrogens is 3. The number of nitrogens with zero attached hydrogens (tertiary/aromatic N) is 3. The van der Waals surface area contributed by atoms with E-state index in [1.54, 1.807) is 0 Å². The van der Waals surface area contributed by atoms with Crippen LogP contribution in [-0.2, 0) is 20.1 Å². The van der Waals surface area contributed by atoms with Crippen LogP contribution in [0.1, 0.15) is 23.1 Å². The molecule has 0 aliphatic heterocycles. The zero-order chi connectivity index (χ0) is 40.8. The summed E-state index contributed by atoms with van der Waals surface area (Å²) in [5, 5.41) is 0. The smallest absolute Gasteiger partial charge is 0.0239 e. The van der Waals surface area contributed by atoms with Crippen molar-refractivity contribution >= 4 is 16.7 Å². The standard InChI is InChI=1S/C58H38N3.CH3.Ir/c1-4-16-41(17-5-1)56-33-30-46(38-59-56)52-24-12-10-22-50(52)44-28-29-45(51-23-11-13-25-53(51)47-31-34-57(60-39-47)42-18-6-2-7-19-42)37-49(36-44)55-27-15-14-26-54(55)48-32-35-58(61-40-48)43-20-8-3-9-21-43;;/h1-16,18,20,22-28,30-40H,29H2;1H3;/q-3;-1;. The number of allylic oxidation sites excluding steroid dienone is 6. The third kappa shape index (κ3) is 9.15. The van der Waals surface area contributed by atoms with Crippen LogP contribution in [0.3, 0.4) is 0 Å². The third-order valence-electron chi connectivity index (χ3n) is 11.1. The Morgan fingerprint density at radius 1 is 0.349 bits per heavy atom. The van der Waals surface area contributed by atoms with Gasteiger partial charge >= 0.3 is 0 Å². The van der Waals surface area contributed by atoms with Crippen LogP contribution in [0.15, 0.2) is 219 Å². The van der Waals surface area contributed by atoms with Gasteiger partial charge in [0.2, 0.25) is 0 Å². The molecule has 0 atom stereocenters. The van der Waals surface area contributed by atoms with Crippen molar-refractivity contribution in [1.29, 1.82) is 0 Å². The van der Waals surface area contributed by atoms with Crippen LogP contribution < -0.4 is 0 Å². The summed E-state index contributed by atoms with van der Waals surface area (Å²) in [5.41, 5.74) is 19.0. The maximum Gasteiger partial charge on any atom is 0.0239 e. The molecule has 4 heteroatoms. The van der Waals surface area contributed by atoms with Crippen LogP contribution in [0, 0.1) is 25.6 Å². The second-order valence-corrected chi connectivity index (χ2v) is 14.9. The van der Waals surface area contributed by atoms with Crippen molar-refractivity contribution < 1.29 is 20.1 Å². The predicted molar refractivity (Wildman–Crippen MR) is 257 cm³/mol. The quantitative estimate of drug-likeness (QED) is 0.135. The molecule has 3 aromatic heterocycles. The van der Waals surface area contributed by atoms with Crippen LogP contribution in [0.2, 0.25) is 0 Å². The fourth-order valence-electron chi connectivity index (χ4n) is 8.05. The Morgan fingerprint density at radius 2 is 0.714 bits per heavy atom. The van der Waals surface area contributed by atoms with Gasteiger partial charge in [0, 0.05) is 38.7 Å². The normalized spacial score (nSPS) is 12.1. The summed E-state index contributed by atoms with van der Waals surface area (Å²) < 4.78 is 0. The van der Waals surface area contributed by atoms with E-state index >= 15 is 0 Å². The van der Waals surface area contributed by atoms with E-state index in [4.69, 9.17) is 15.0 Å². The first-order chi connectivity index (χ1) is 30.2. The average molecular weight is 984 g/mol. The van der Waals surface area contributed by atoms with Gasteiger partial charge in [-0.2, -0.15) is 0 Å². The molecule has 0 bridgehead atoms. The van der Waals surface area contributed by atoms with E-state index in [9.17, 15) is 0 Å². The largest absolute Gasteiger partial charge is 0.358 e. The average Bonchev–Trinajstić information content (AvgIpc) is 3.58. The first-order valence-corrected chi connectivity index (χ1v) is 20.5. The first kappa shape index (κ1) is 42.3. The van der Waals surface area contributed by atoms with Gasteiger partial charge in [-0.05, 0) is 96.4 Å². The molecule has 10 rings (SSSR count). The summed E-state index contributed by atoms with van der Waals surface area (Å²) in [6, 6.07) is 72.5. The van der Waals surface area contributed by atoms with E-state index in [1.165, 1.54) is 11.1 Å². The predicted octanol–water partition coefficient (Wildman–Crippen LogP) is 14.7. The van der Waals surface area contributed by atoms with Crippen LogP contribution in [0.5, 0.6) is 0 Å². The fourth-order valence-corrected chi connectivity index (χ4v) is 8.05. The maximum absolute atomic E-state index is 4.90. The van der Waals surface area contributed by atoms with Crippen molar-refractivity contribution in [3.8, 4) is 67.2 Å². The molecule has 0 unspecified atom stereocenters. The van der Waals surface area contributed by atoms with Gasteiger partial charge in [0.25, 0.3) is 0 Å². The molecular weight excluding hydrogens is 943 g/mol. The van der Waals surface area contributed by atoms with Gasteiger partial charge in [0.05, 0.1) is 0 Å². The molecular formula is C59H41IrN3-4. The fraction of sp³-hybridized carbons (Fsp3) is 0.0169. The Labute approximate surface area is 384 Å². The Bertz CT molecular complexity index is 3040. The molecule has 0 saturated heterocycles. The monoisotopic (exact) mass is 984 g/mol. The van der Waals surface area contributed by atoms with Gasteiger partial charge in [-0.1, -0.05) is 121 Å². The molecule has 0 saturated carbocycles. The second-order valence-electron chi connectivity index (χ2n) is 14.9. The first-order valence-electron chi connectivity index (χ1n) is 20.5. The van der Waals surface area contributed by atoms with E-state index < -0.39 is 0 Å². The van der Waals surface area contributed by atoms with Crippen LogP contribution in [-0.4, -0.2) is 15.0 Å². The van der Waals surface area contributed by atoms with E-state index in [1.807, 2.05) is 91.4 Å². The van der Waals surface area contributed by atoms with Gasteiger partial charge < -0.3 is 22.4 Å². The summed E-state index contributed by atoms with van der Waals surface area (Å²) in [6.45, 7) is 0. The summed E-state index contributed by atoms with van der Waals surface area (Å²) in [5.74, 6) is 0. The molecule has 3 nitrogen and oxygen atoms in total. The van der Waals surface area contributed by atoms with E-state index in [0.717, 1.165) is 95.8 Å². The minimum Gasteiger partial charge on any atom is -0.358 e. The molecule has 3 heterocycles. The Hall–Kier alpha value is -7.36. The summed E-state index contributed by atoms with van der Waals surface area (Å²) >= 11 is 0. The molecule has 0 amide bonds. The molecule has 63 heavy (non-hydrogen) atoms. The zero-order valence-corrected chi connectivity index (χ0v) is 37.1. The van der Waals surface area contributed by atoms with E-state index in [0.29, 0.717) is 0 Å². The van der Waals surface area contributed by atoms with Crippen LogP contribution >= 0.6 is 0 Å². The Kier molecular flexibility index (Phi) is 13.1. The van der Waals surface area contributed by atoms with Crippen molar-refractivity contribution in [3.63, 3.8) is 0 Å². The summed E-state index contributed by atoms with van der Waals surface area (Å²) in [7, 11) is 0. The molecule has 1 aliphatic carbocycles. The second kappa shape index (κ2) is 19.6. The van der Waals surface area contributed by atoms with Crippen LogP contribution in [0.25, 0.3) is 83.9 Å². The molecule has 0 fully saturated rings. The number of hydrogen-bond acceptors (Lipinski definition) is 3. The summed E-state index contributed by atoms with van der Waals surface area (Å²) in [4.78, 5) is 14.7. The van der Waals surface area contributed by atoms with Crippen molar-refractivity contribution in [2.24, 2.45) is 0 Å². The molecule has 305 valence electrons. The van der Waals surface area contributed by atoms with Crippen molar-refractivity contribution in [3.05, 3.63) is 261 Å².